The second-order valence-corrected chi connectivity index (χ2v) is 6.94. The molecule has 6 nitrogen and oxygen atoms in total. The minimum absolute atomic E-state index is 0.832. The zero-order valence-corrected chi connectivity index (χ0v) is 16.3. The maximum absolute atomic E-state index is 5.28. The van der Waals surface area contributed by atoms with Crippen LogP contribution in [0.2, 0.25) is 0 Å². The maximum Gasteiger partial charge on any atom is 0.118 e. The second kappa shape index (κ2) is 8.27. The van der Waals surface area contributed by atoms with Crippen LogP contribution in [-0.4, -0.2) is 66.2 Å². The van der Waals surface area contributed by atoms with Gasteiger partial charge in [0.05, 0.1) is 19.0 Å². The van der Waals surface area contributed by atoms with Crippen LogP contribution >= 0.6 is 0 Å². The van der Waals surface area contributed by atoms with Crippen molar-refractivity contribution in [3.05, 3.63) is 66.4 Å². The van der Waals surface area contributed by atoms with Crippen LogP contribution in [0.5, 0.6) is 5.75 Å². The minimum Gasteiger partial charge on any atom is -0.497 e. The van der Waals surface area contributed by atoms with Gasteiger partial charge in [0, 0.05) is 43.5 Å². The summed E-state index contributed by atoms with van der Waals surface area (Å²) in [6, 6.07) is 18.1. The Morgan fingerprint density at radius 2 is 1.68 bits per heavy atom. The number of hydrazone groups is 1. The number of para-hydroxylation sites is 1. The predicted molar refractivity (Wildman–Crippen MR) is 112 cm³/mol. The maximum atomic E-state index is 5.28. The molecule has 1 fully saturated rings. The van der Waals surface area contributed by atoms with Gasteiger partial charge in [0.25, 0.3) is 0 Å². The summed E-state index contributed by atoms with van der Waals surface area (Å²) in [5.74, 6) is 0.832. The third kappa shape index (κ3) is 4.07. The fraction of sp³-hybridized carbons (Fsp3) is 0.273. The molecule has 1 aliphatic rings. The molecule has 4 rings (SSSR count). The van der Waals surface area contributed by atoms with Gasteiger partial charge in [0.15, 0.2) is 0 Å². The Morgan fingerprint density at radius 1 is 0.964 bits per heavy atom. The van der Waals surface area contributed by atoms with Crippen molar-refractivity contribution in [1.82, 2.24) is 19.7 Å². The summed E-state index contributed by atoms with van der Waals surface area (Å²) < 4.78 is 7.19. The first-order chi connectivity index (χ1) is 13.7. The Morgan fingerprint density at radius 3 is 2.36 bits per heavy atom. The lowest BCUT2D eigenvalue weighted by Crippen LogP contribution is -2.41. The van der Waals surface area contributed by atoms with E-state index in [4.69, 9.17) is 14.9 Å². The molecule has 0 spiro atoms. The summed E-state index contributed by atoms with van der Waals surface area (Å²) in [5.41, 5.74) is 3.96. The van der Waals surface area contributed by atoms with Crippen LogP contribution in [0.3, 0.4) is 0 Å². The SMILES string of the molecule is COc1ccc(-c2nn(-c3ccccc3)cc2/C=N\N2CCN(C)CC2)cc1. The highest BCUT2D eigenvalue weighted by molar-refractivity contribution is 5.88. The standard InChI is InChI=1S/C22H25N5O/c1-25-12-14-26(15-13-25)23-16-19-17-27(20-6-4-3-5-7-20)24-22(19)18-8-10-21(28-2)11-9-18/h3-11,16-17H,12-15H2,1-2H3/b23-16-. The van der Waals surface area contributed by atoms with Crippen LogP contribution in [0.25, 0.3) is 16.9 Å². The topological polar surface area (TPSA) is 45.9 Å². The van der Waals surface area contributed by atoms with Gasteiger partial charge in [0.1, 0.15) is 11.4 Å². The second-order valence-electron chi connectivity index (χ2n) is 6.94. The first-order valence-corrected chi connectivity index (χ1v) is 9.50. The van der Waals surface area contributed by atoms with Gasteiger partial charge in [0.2, 0.25) is 0 Å². The average molecular weight is 375 g/mol. The van der Waals surface area contributed by atoms with Crippen molar-refractivity contribution in [2.75, 3.05) is 40.3 Å². The number of piperazine rings is 1. The Balaban J connectivity index is 1.67. The number of methoxy groups -OCH3 is 1. The van der Waals surface area contributed by atoms with E-state index in [0.29, 0.717) is 0 Å². The highest BCUT2D eigenvalue weighted by atomic mass is 16.5. The van der Waals surface area contributed by atoms with Gasteiger partial charge in [-0.1, -0.05) is 18.2 Å². The largest absolute Gasteiger partial charge is 0.497 e. The van der Waals surface area contributed by atoms with Crippen molar-refractivity contribution >= 4 is 6.21 Å². The molecule has 0 amide bonds. The molecule has 0 unspecified atom stereocenters. The number of ether oxygens (including phenoxy) is 1. The molecule has 1 saturated heterocycles. The van der Waals surface area contributed by atoms with Crippen LogP contribution in [0.4, 0.5) is 0 Å². The Labute approximate surface area is 165 Å². The van der Waals surface area contributed by atoms with E-state index in [1.54, 1.807) is 7.11 Å². The zero-order valence-electron chi connectivity index (χ0n) is 16.3. The Hall–Kier alpha value is -3.12. The fourth-order valence-electron chi connectivity index (χ4n) is 3.22. The van der Waals surface area contributed by atoms with E-state index in [9.17, 15) is 0 Å². The summed E-state index contributed by atoms with van der Waals surface area (Å²) in [5, 5.41) is 11.7. The van der Waals surface area contributed by atoms with Crippen molar-refractivity contribution < 1.29 is 4.74 Å². The van der Waals surface area contributed by atoms with Gasteiger partial charge >= 0.3 is 0 Å². The molecule has 6 heteroatoms. The van der Waals surface area contributed by atoms with Crippen molar-refractivity contribution in [3.8, 4) is 22.7 Å². The van der Waals surface area contributed by atoms with Crippen LogP contribution in [0, 0.1) is 0 Å². The van der Waals surface area contributed by atoms with Crippen LogP contribution < -0.4 is 4.74 Å². The molecule has 28 heavy (non-hydrogen) atoms. The predicted octanol–water partition coefficient (Wildman–Crippen LogP) is 3.13. The normalized spacial score (nSPS) is 15.3. The third-order valence-electron chi connectivity index (χ3n) is 4.97. The lowest BCUT2D eigenvalue weighted by molar-refractivity contribution is 0.159. The lowest BCUT2D eigenvalue weighted by atomic mass is 10.1. The van der Waals surface area contributed by atoms with Gasteiger partial charge in [-0.05, 0) is 43.4 Å². The molecule has 2 heterocycles. The van der Waals surface area contributed by atoms with Crippen molar-refractivity contribution in [1.29, 1.82) is 0 Å². The zero-order chi connectivity index (χ0) is 19.3. The number of hydrogen-bond acceptors (Lipinski definition) is 5. The quantitative estimate of drug-likeness (QED) is 0.643. The average Bonchev–Trinajstić information content (AvgIpc) is 3.18. The molecule has 0 radical (unpaired) electrons. The van der Waals surface area contributed by atoms with E-state index >= 15 is 0 Å². The van der Waals surface area contributed by atoms with Gasteiger partial charge in [-0.15, -0.1) is 0 Å². The molecule has 1 aromatic heterocycles. The Kier molecular flexibility index (Phi) is 5.39. The summed E-state index contributed by atoms with van der Waals surface area (Å²) in [6.07, 6.45) is 3.96. The number of hydrogen-bond donors (Lipinski definition) is 0. The van der Waals surface area contributed by atoms with Gasteiger partial charge in [-0.2, -0.15) is 10.2 Å². The lowest BCUT2D eigenvalue weighted by Gasteiger charge is -2.30. The molecule has 1 aliphatic heterocycles. The molecule has 3 aromatic rings. The van der Waals surface area contributed by atoms with Gasteiger partial charge in [-0.25, -0.2) is 4.68 Å². The number of aromatic nitrogens is 2. The summed E-state index contributed by atoms with van der Waals surface area (Å²) in [4.78, 5) is 2.32. The molecule has 144 valence electrons. The summed E-state index contributed by atoms with van der Waals surface area (Å²) in [6.45, 7) is 3.95. The molecule has 0 aliphatic carbocycles. The first-order valence-electron chi connectivity index (χ1n) is 9.50. The molecule has 0 atom stereocenters. The molecule has 0 N–H and O–H groups in total. The van der Waals surface area contributed by atoms with Crippen LogP contribution in [0.15, 0.2) is 65.9 Å². The van der Waals surface area contributed by atoms with Crippen molar-refractivity contribution in [3.63, 3.8) is 0 Å². The van der Waals surface area contributed by atoms with E-state index in [1.165, 1.54) is 0 Å². The van der Waals surface area contributed by atoms with Crippen LogP contribution in [-0.2, 0) is 0 Å². The van der Waals surface area contributed by atoms with E-state index in [1.807, 2.05) is 71.7 Å². The monoisotopic (exact) mass is 375 g/mol. The molecular formula is C22H25N5O. The van der Waals surface area contributed by atoms with Crippen molar-refractivity contribution in [2.45, 2.75) is 0 Å². The molecule has 0 saturated carbocycles. The number of rotatable bonds is 5. The number of nitrogens with zero attached hydrogens (tertiary/aromatic N) is 5. The van der Waals surface area contributed by atoms with E-state index in [2.05, 4.69) is 17.0 Å². The molecular weight excluding hydrogens is 350 g/mol. The minimum atomic E-state index is 0.832. The highest BCUT2D eigenvalue weighted by Crippen LogP contribution is 2.25. The number of benzene rings is 2. The summed E-state index contributed by atoms with van der Waals surface area (Å²) >= 11 is 0. The number of likely N-dealkylation sites (N-methyl/N-ethyl adjacent to an activating group) is 1. The van der Waals surface area contributed by atoms with Gasteiger partial charge < -0.3 is 9.64 Å². The fourth-order valence-corrected chi connectivity index (χ4v) is 3.22. The highest BCUT2D eigenvalue weighted by Gasteiger charge is 2.14. The van der Waals surface area contributed by atoms with Gasteiger partial charge in [-0.3, -0.25) is 5.01 Å². The molecule has 2 aromatic carbocycles. The van der Waals surface area contributed by atoms with Crippen molar-refractivity contribution in [2.24, 2.45) is 5.10 Å². The molecule has 0 bridgehead atoms. The smallest absolute Gasteiger partial charge is 0.118 e. The summed E-state index contributed by atoms with van der Waals surface area (Å²) in [7, 11) is 3.82. The van der Waals surface area contributed by atoms with E-state index < -0.39 is 0 Å². The first kappa shape index (κ1) is 18.3. The van der Waals surface area contributed by atoms with Crippen LogP contribution in [0.1, 0.15) is 5.56 Å². The van der Waals surface area contributed by atoms with E-state index in [-0.39, 0.29) is 0 Å². The third-order valence-corrected chi connectivity index (χ3v) is 4.97. The Bertz CT molecular complexity index is 925. The van der Waals surface area contributed by atoms with E-state index in [0.717, 1.165) is 54.4 Å².